The summed E-state index contributed by atoms with van der Waals surface area (Å²) in [6.07, 6.45) is 3.45. The minimum atomic E-state index is -1.14. The molecule has 0 spiro atoms. The highest BCUT2D eigenvalue weighted by Gasteiger charge is 2.49. The van der Waals surface area contributed by atoms with Crippen LogP contribution in [-0.4, -0.2) is 9.81 Å². The van der Waals surface area contributed by atoms with Gasteiger partial charge < -0.3 is 4.74 Å². The number of hydrogen-bond acceptors (Lipinski definition) is 2. The average Bonchev–Trinajstić information content (AvgIpc) is 2.45. The summed E-state index contributed by atoms with van der Waals surface area (Å²) in [4.78, 5) is 1.91. The third-order valence-electron chi connectivity index (χ3n) is 5.82. The molecule has 2 nitrogen and oxygen atoms in total. The summed E-state index contributed by atoms with van der Waals surface area (Å²) in [6.45, 7) is 13.1. The topological polar surface area (TPSA) is 26.3 Å². The number of ether oxygens (including phenoxy) is 1. The van der Waals surface area contributed by atoms with Crippen molar-refractivity contribution in [1.82, 2.24) is 0 Å². The summed E-state index contributed by atoms with van der Waals surface area (Å²) in [5, 5.41) is 0. The first kappa shape index (κ1) is 17.7. The van der Waals surface area contributed by atoms with E-state index in [9.17, 15) is 4.21 Å². The molecule has 1 heterocycles. The first-order chi connectivity index (χ1) is 11.1. The van der Waals surface area contributed by atoms with E-state index in [0.29, 0.717) is 17.3 Å². The zero-order chi connectivity index (χ0) is 17.7. The predicted octanol–water partition coefficient (Wildman–Crippen LogP) is 5.59. The minimum absolute atomic E-state index is 0.174. The summed E-state index contributed by atoms with van der Waals surface area (Å²) in [5.74, 6) is 1.66. The average molecular weight is 347 g/mol. The van der Waals surface area contributed by atoms with E-state index in [2.05, 4.69) is 34.6 Å². The van der Waals surface area contributed by atoms with E-state index in [1.165, 1.54) is 12.0 Å². The first-order valence-electron chi connectivity index (χ1n) is 8.99. The second kappa shape index (κ2) is 6.01. The van der Waals surface area contributed by atoms with Crippen LogP contribution in [-0.2, 0) is 15.5 Å². The number of hydrogen-bond donors (Lipinski definition) is 0. The van der Waals surface area contributed by atoms with Crippen LogP contribution in [0.5, 0.6) is 0 Å². The van der Waals surface area contributed by atoms with Gasteiger partial charge in [0.25, 0.3) is 0 Å². The second-order valence-electron chi connectivity index (χ2n) is 8.83. The largest absolute Gasteiger partial charge is 0.491 e. The summed E-state index contributed by atoms with van der Waals surface area (Å²) in [6, 6.07) is 8.07. The maximum Gasteiger partial charge on any atom is 0.106 e. The van der Waals surface area contributed by atoms with E-state index in [0.717, 1.165) is 28.4 Å². The molecule has 1 aromatic carbocycles. The molecule has 1 aliphatic carbocycles. The van der Waals surface area contributed by atoms with Gasteiger partial charge >= 0.3 is 0 Å². The molecule has 2 aliphatic rings. The van der Waals surface area contributed by atoms with E-state index in [1.807, 2.05) is 31.2 Å². The van der Waals surface area contributed by atoms with Crippen LogP contribution >= 0.6 is 0 Å². The molecule has 3 heteroatoms. The van der Waals surface area contributed by atoms with Gasteiger partial charge in [0, 0.05) is 16.7 Å². The van der Waals surface area contributed by atoms with Crippen LogP contribution in [0.4, 0.5) is 0 Å². The number of allylic oxidation sites excluding steroid dienone is 2. The molecule has 0 aromatic heterocycles. The quantitative estimate of drug-likeness (QED) is 0.698. The third kappa shape index (κ3) is 3.20. The number of rotatable bonds is 2. The van der Waals surface area contributed by atoms with Crippen LogP contribution in [0.25, 0.3) is 0 Å². The van der Waals surface area contributed by atoms with Gasteiger partial charge in [-0.25, -0.2) is 4.21 Å². The highest BCUT2D eigenvalue weighted by atomic mass is 32.2. The van der Waals surface area contributed by atoms with Crippen molar-refractivity contribution in [3.05, 3.63) is 40.5 Å². The first-order valence-corrected chi connectivity index (χ1v) is 10.1. The van der Waals surface area contributed by atoms with Gasteiger partial charge in [0.05, 0.1) is 15.7 Å². The zero-order valence-corrected chi connectivity index (χ0v) is 16.6. The summed E-state index contributed by atoms with van der Waals surface area (Å²) < 4.78 is 19.6. The van der Waals surface area contributed by atoms with Crippen molar-refractivity contribution in [3.63, 3.8) is 0 Å². The normalized spacial score (nSPS) is 29.6. The van der Waals surface area contributed by atoms with E-state index >= 15 is 0 Å². The fourth-order valence-electron chi connectivity index (χ4n) is 4.53. The van der Waals surface area contributed by atoms with Gasteiger partial charge in [-0.3, -0.25) is 0 Å². The Balaban J connectivity index is 2.03. The lowest BCUT2D eigenvalue weighted by Gasteiger charge is -2.51. The lowest BCUT2D eigenvalue weighted by atomic mass is 9.62. The number of benzene rings is 1. The second-order valence-corrected chi connectivity index (χ2v) is 10.3. The molecule has 0 radical (unpaired) electrons. The highest BCUT2D eigenvalue weighted by Crippen LogP contribution is 2.54. The van der Waals surface area contributed by atoms with Gasteiger partial charge in [0.2, 0.25) is 0 Å². The molecule has 24 heavy (non-hydrogen) atoms. The van der Waals surface area contributed by atoms with Gasteiger partial charge in [0.1, 0.15) is 11.4 Å². The molecule has 0 N–H and O–H groups in total. The molecule has 0 bridgehead atoms. The molecule has 1 saturated carbocycles. The Morgan fingerprint density at radius 1 is 1.08 bits per heavy atom. The van der Waals surface area contributed by atoms with E-state index < -0.39 is 10.8 Å². The Labute approximate surface area is 149 Å². The standard InChI is InChI=1S/C21H30O2S/c1-14-7-9-16(10-8-14)24(22)19-15(2)23-21(5,6)18-11-12-20(3,4)13-17(18)19/h7-10,17-18H,11-13H2,1-6H3. The Hall–Kier alpha value is -1.09. The van der Waals surface area contributed by atoms with Crippen LogP contribution in [0, 0.1) is 24.2 Å². The smallest absolute Gasteiger partial charge is 0.106 e. The van der Waals surface area contributed by atoms with Crippen LogP contribution in [0.1, 0.15) is 59.4 Å². The van der Waals surface area contributed by atoms with Gasteiger partial charge in [-0.1, -0.05) is 31.5 Å². The SMILES string of the molecule is CC1=C(S(=O)c2ccc(C)cc2)C2CC(C)(C)CCC2C(C)(C)O1. The van der Waals surface area contributed by atoms with Gasteiger partial charge in [-0.15, -0.1) is 0 Å². The fraction of sp³-hybridized carbons (Fsp3) is 0.619. The third-order valence-corrected chi connectivity index (χ3v) is 7.51. The lowest BCUT2D eigenvalue weighted by Crippen LogP contribution is -2.48. The molecule has 0 amide bonds. The molecule has 1 fully saturated rings. The maximum absolute atomic E-state index is 13.4. The van der Waals surface area contributed by atoms with E-state index in [-0.39, 0.29) is 5.60 Å². The summed E-state index contributed by atoms with van der Waals surface area (Å²) >= 11 is 0. The van der Waals surface area contributed by atoms with Crippen LogP contribution < -0.4 is 0 Å². The molecule has 3 atom stereocenters. The number of aryl methyl sites for hydroxylation is 1. The summed E-state index contributed by atoms with van der Waals surface area (Å²) in [5.41, 5.74) is 1.32. The Morgan fingerprint density at radius 3 is 2.33 bits per heavy atom. The van der Waals surface area contributed by atoms with Gasteiger partial charge in [-0.2, -0.15) is 0 Å². The molecule has 132 valence electrons. The van der Waals surface area contributed by atoms with E-state index in [4.69, 9.17) is 4.74 Å². The van der Waals surface area contributed by atoms with Gasteiger partial charge in [-0.05, 0) is 64.5 Å². The van der Waals surface area contributed by atoms with Gasteiger partial charge in [0.15, 0.2) is 0 Å². The van der Waals surface area contributed by atoms with Crippen molar-refractivity contribution in [3.8, 4) is 0 Å². The monoisotopic (exact) mass is 346 g/mol. The lowest BCUT2D eigenvalue weighted by molar-refractivity contribution is -0.0781. The maximum atomic E-state index is 13.4. The Kier molecular flexibility index (Phi) is 4.44. The van der Waals surface area contributed by atoms with Crippen molar-refractivity contribution in [2.24, 2.45) is 17.3 Å². The molecule has 1 aliphatic heterocycles. The summed E-state index contributed by atoms with van der Waals surface area (Å²) in [7, 11) is -1.14. The Bertz CT molecular complexity index is 682. The molecule has 3 rings (SSSR count). The molecule has 0 saturated heterocycles. The zero-order valence-electron chi connectivity index (χ0n) is 15.8. The predicted molar refractivity (Wildman–Crippen MR) is 100 cm³/mol. The highest BCUT2D eigenvalue weighted by molar-refractivity contribution is 7.89. The number of fused-ring (bicyclic) bond motifs is 1. The van der Waals surface area contributed by atoms with Crippen molar-refractivity contribution < 1.29 is 8.95 Å². The Morgan fingerprint density at radius 2 is 1.71 bits per heavy atom. The van der Waals surface area contributed by atoms with Crippen LogP contribution in [0.2, 0.25) is 0 Å². The van der Waals surface area contributed by atoms with Crippen molar-refractivity contribution in [1.29, 1.82) is 0 Å². The van der Waals surface area contributed by atoms with Crippen LogP contribution in [0.3, 0.4) is 0 Å². The van der Waals surface area contributed by atoms with Crippen molar-refractivity contribution in [2.45, 2.75) is 71.3 Å². The van der Waals surface area contributed by atoms with E-state index in [1.54, 1.807) is 0 Å². The molecule has 1 aromatic rings. The van der Waals surface area contributed by atoms with Crippen LogP contribution in [0.15, 0.2) is 39.8 Å². The molecular formula is C21H30O2S. The molecular weight excluding hydrogens is 316 g/mol. The van der Waals surface area contributed by atoms with Crippen molar-refractivity contribution >= 4 is 10.8 Å². The van der Waals surface area contributed by atoms with Crippen molar-refractivity contribution in [2.75, 3.05) is 0 Å². The fourth-order valence-corrected chi connectivity index (χ4v) is 6.00. The molecule has 3 unspecified atom stereocenters. The minimum Gasteiger partial charge on any atom is -0.491 e.